The van der Waals surface area contributed by atoms with E-state index in [1.54, 1.807) is 0 Å². The zero-order valence-corrected chi connectivity index (χ0v) is 53.3. The summed E-state index contributed by atoms with van der Waals surface area (Å²) < 4.78 is 12.0. The first-order valence-corrected chi connectivity index (χ1v) is 33.7. The fraction of sp³-hybridized carbons (Fsp3) is 0. The third-order valence-electron chi connectivity index (χ3n) is 20.3. The van der Waals surface area contributed by atoms with Crippen LogP contribution in [0, 0.1) is 0 Å². The van der Waals surface area contributed by atoms with E-state index in [0.29, 0.717) is 0 Å². The monoisotopic (exact) mass is 1250 g/mol. The number of hydrogen-bond donors (Lipinski definition) is 0. The molecule has 5 aromatic heterocycles. The normalized spacial score (nSPS) is 11.9. The summed E-state index contributed by atoms with van der Waals surface area (Å²) in [6, 6.07) is 132. The van der Waals surface area contributed by atoms with Crippen LogP contribution in [0.25, 0.3) is 159 Å². The summed E-state index contributed by atoms with van der Waals surface area (Å²) in [5.74, 6) is 0. The van der Waals surface area contributed by atoms with Crippen LogP contribution >= 0.6 is 0 Å². The topological polar surface area (TPSA) is 27.9 Å². The van der Waals surface area contributed by atoms with E-state index in [4.69, 9.17) is 0 Å². The summed E-state index contributed by atoms with van der Waals surface area (Å²) in [5.41, 5.74) is 21.2. The van der Waals surface area contributed by atoms with E-state index in [9.17, 15) is 0 Å². The molecule has 458 valence electrons. The smallest absolute Gasteiger partial charge is 0.0549 e. The molecule has 0 atom stereocenters. The summed E-state index contributed by atoms with van der Waals surface area (Å²) in [6.07, 6.45) is 0. The molecular weight excluding hydrogens is 1190 g/mol. The molecule has 98 heavy (non-hydrogen) atoms. The first-order chi connectivity index (χ1) is 48.7. The lowest BCUT2D eigenvalue weighted by Gasteiger charge is -2.26. The van der Waals surface area contributed by atoms with E-state index >= 15 is 0 Å². The molecule has 21 aromatic rings. The van der Waals surface area contributed by atoms with Gasteiger partial charge in [0.25, 0.3) is 0 Å². The van der Waals surface area contributed by atoms with Gasteiger partial charge in [0.2, 0.25) is 0 Å². The second-order valence-corrected chi connectivity index (χ2v) is 25.6. The summed E-state index contributed by atoms with van der Waals surface area (Å²) in [4.78, 5) is 2.36. The molecule has 0 aliphatic carbocycles. The predicted molar refractivity (Wildman–Crippen MR) is 414 cm³/mol. The molecule has 0 spiro atoms. The molecule has 0 radical (unpaired) electrons. The zero-order chi connectivity index (χ0) is 64.4. The third-order valence-corrected chi connectivity index (χ3v) is 20.3. The molecule has 0 aliphatic heterocycles. The Hall–Kier alpha value is -13.2. The van der Waals surface area contributed by atoms with E-state index < -0.39 is 0 Å². The van der Waals surface area contributed by atoms with Gasteiger partial charge in [-0.05, 0) is 156 Å². The molecule has 0 N–H and O–H groups in total. The second kappa shape index (κ2) is 22.2. The van der Waals surface area contributed by atoms with Crippen molar-refractivity contribution in [1.29, 1.82) is 0 Å². The number of fused-ring (bicyclic) bond motifs is 17. The Bertz CT molecular complexity index is 6020. The molecule has 0 amide bonds. The molecule has 16 aromatic carbocycles. The van der Waals surface area contributed by atoms with Gasteiger partial charge < -0.3 is 27.7 Å². The third kappa shape index (κ3) is 8.54. The maximum Gasteiger partial charge on any atom is 0.0549 e. The second-order valence-electron chi connectivity index (χ2n) is 25.6. The fourth-order valence-electron chi connectivity index (χ4n) is 16.1. The summed E-state index contributed by atoms with van der Waals surface area (Å²) in [5, 5.41) is 17.6. The van der Waals surface area contributed by atoms with Gasteiger partial charge in [0.1, 0.15) is 0 Å². The van der Waals surface area contributed by atoms with Crippen LogP contribution in [0.1, 0.15) is 0 Å². The van der Waals surface area contributed by atoms with Crippen LogP contribution in [0.3, 0.4) is 0 Å². The predicted octanol–water partition coefficient (Wildman–Crippen LogP) is 24.6. The van der Waals surface area contributed by atoms with E-state index in [0.717, 1.165) is 34.1 Å². The van der Waals surface area contributed by atoms with Crippen molar-refractivity contribution in [2.45, 2.75) is 0 Å². The number of nitrogens with zero attached hydrogens (tertiary/aromatic N) is 6. The molecule has 0 saturated heterocycles. The first-order valence-electron chi connectivity index (χ1n) is 33.7. The molecule has 0 aliphatic rings. The molecule has 0 saturated carbocycles. The Balaban J connectivity index is 0.000000142. The van der Waals surface area contributed by atoms with Gasteiger partial charge in [-0.2, -0.15) is 0 Å². The van der Waals surface area contributed by atoms with Crippen molar-refractivity contribution >= 4 is 148 Å². The number of rotatable bonds is 8. The Morgan fingerprint density at radius 1 is 0.153 bits per heavy atom. The van der Waals surface area contributed by atoms with Gasteiger partial charge in [-0.1, -0.05) is 218 Å². The minimum Gasteiger partial charge on any atom is -0.310 e. The molecule has 21 rings (SSSR count). The summed E-state index contributed by atoms with van der Waals surface area (Å²) in [7, 11) is 0. The van der Waals surface area contributed by atoms with Gasteiger partial charge in [0.15, 0.2) is 0 Å². The van der Waals surface area contributed by atoms with E-state index in [1.165, 1.54) is 142 Å². The van der Waals surface area contributed by atoms with Crippen LogP contribution in [-0.4, -0.2) is 22.8 Å². The summed E-state index contributed by atoms with van der Waals surface area (Å²) in [6.45, 7) is 0. The number of hydrogen-bond acceptors (Lipinski definition) is 1. The van der Waals surface area contributed by atoms with E-state index in [-0.39, 0.29) is 0 Å². The zero-order valence-electron chi connectivity index (χ0n) is 53.3. The lowest BCUT2D eigenvalue weighted by molar-refractivity contribution is 1.16. The Labute approximate surface area is 564 Å². The first kappa shape index (κ1) is 55.3. The summed E-state index contributed by atoms with van der Waals surface area (Å²) >= 11 is 0. The molecule has 0 bridgehead atoms. The Kier molecular flexibility index (Phi) is 12.6. The Morgan fingerprint density at radius 3 is 0.643 bits per heavy atom. The average Bonchev–Trinajstić information content (AvgIpc) is 1.60. The van der Waals surface area contributed by atoms with Crippen LogP contribution in [0.2, 0.25) is 0 Å². The molecule has 0 unspecified atom stereocenters. The number of benzene rings is 16. The maximum absolute atomic E-state index is 2.45. The highest BCUT2D eigenvalue weighted by atomic mass is 15.1. The molecule has 6 heteroatoms. The fourth-order valence-corrected chi connectivity index (χ4v) is 16.1. The highest BCUT2D eigenvalue weighted by Crippen LogP contribution is 2.44. The molecule has 5 heterocycles. The van der Waals surface area contributed by atoms with Crippen molar-refractivity contribution in [3.05, 3.63) is 364 Å². The molecular formula is C92H60N6. The van der Waals surface area contributed by atoms with Crippen LogP contribution in [0.5, 0.6) is 0 Å². The maximum atomic E-state index is 2.45. The van der Waals surface area contributed by atoms with Crippen molar-refractivity contribution in [2.24, 2.45) is 0 Å². The number of para-hydroxylation sites is 8. The van der Waals surface area contributed by atoms with Crippen molar-refractivity contribution in [3.8, 4) is 28.4 Å². The van der Waals surface area contributed by atoms with Gasteiger partial charge in [-0.15, -0.1) is 0 Å². The highest BCUT2D eigenvalue weighted by Gasteiger charge is 2.22. The van der Waals surface area contributed by atoms with Crippen LogP contribution in [0.4, 0.5) is 17.1 Å². The van der Waals surface area contributed by atoms with Gasteiger partial charge >= 0.3 is 0 Å². The largest absolute Gasteiger partial charge is 0.310 e. The van der Waals surface area contributed by atoms with Gasteiger partial charge in [-0.3, -0.25) is 0 Å². The highest BCUT2D eigenvalue weighted by molar-refractivity contribution is 6.20. The quantitative estimate of drug-likeness (QED) is 0.149. The van der Waals surface area contributed by atoms with Crippen LogP contribution in [0.15, 0.2) is 364 Å². The SMILES string of the molecule is c1ccc2c(-n3c4ccccc4c4cc5c(cc43)c3ccccc3n5-c3cccc4ccccc34)cccc2c1.c1ccc2c(c1)c1ccccc1n2-c1ccc(N(c2ccc(-n3c4ccccc4c4ccccc43)cc2)c2ccc(-n3c4ccccc4c4ccccc43)cc2)cc1. The van der Waals surface area contributed by atoms with Gasteiger partial charge in [0, 0.05) is 98.8 Å². The van der Waals surface area contributed by atoms with Gasteiger partial charge in [-0.25, -0.2) is 0 Å². The lowest BCUT2D eigenvalue weighted by Crippen LogP contribution is -2.10. The number of anilines is 3. The van der Waals surface area contributed by atoms with Crippen molar-refractivity contribution in [1.82, 2.24) is 22.8 Å². The molecule has 0 fully saturated rings. The van der Waals surface area contributed by atoms with Crippen molar-refractivity contribution in [2.75, 3.05) is 4.90 Å². The number of aromatic nitrogens is 5. The van der Waals surface area contributed by atoms with Crippen LogP contribution in [-0.2, 0) is 0 Å². The van der Waals surface area contributed by atoms with Crippen molar-refractivity contribution < 1.29 is 0 Å². The van der Waals surface area contributed by atoms with Crippen molar-refractivity contribution in [3.63, 3.8) is 0 Å². The standard InChI is InChI=1S/C54H36N4.C38H24N2/c1-7-19-49-43(13-1)44-14-2-8-20-50(44)56(49)40-31-25-37(26-32-40)55(38-27-33-41(34-28-38)57-51-21-9-3-15-45(51)46-16-4-10-22-52(46)57)39-29-35-42(36-30-39)58-53-23-11-5-17-47(53)48-18-6-12-24-54(48)58;1-3-15-27-25(11-1)13-9-21-33(27)39-35-19-7-5-17-29(35)31-24-38-32(23-37(31)39)30-18-6-8-20-36(30)40(38)34-22-10-14-26-12-2-4-16-28(26)34/h1-36H;1-24H. The average molecular weight is 1250 g/mol. The van der Waals surface area contributed by atoms with Crippen LogP contribution < -0.4 is 4.90 Å². The Morgan fingerprint density at radius 2 is 0.367 bits per heavy atom. The minimum atomic E-state index is 1.08. The van der Waals surface area contributed by atoms with Gasteiger partial charge in [0.05, 0.1) is 66.5 Å². The lowest BCUT2D eigenvalue weighted by atomic mass is 10.1. The van der Waals surface area contributed by atoms with E-state index in [1.807, 2.05) is 0 Å². The molecule has 6 nitrogen and oxygen atoms in total. The minimum absolute atomic E-state index is 1.08. The van der Waals surface area contributed by atoms with E-state index in [2.05, 4.69) is 392 Å².